The maximum atomic E-state index is 12.4. The third kappa shape index (κ3) is 3.32. The smallest absolute Gasteiger partial charge is 0.258 e. The largest absolute Gasteiger partial charge is 0.311 e. The maximum Gasteiger partial charge on any atom is 0.258 e. The molecule has 0 aliphatic carbocycles. The number of benzene rings is 1. The number of carbonyl (C=O) groups excluding carboxylic acids is 1. The highest BCUT2D eigenvalue weighted by Gasteiger charge is 2.14. The summed E-state index contributed by atoms with van der Waals surface area (Å²) < 4.78 is 0. The molecule has 0 bridgehead atoms. The van der Waals surface area contributed by atoms with Crippen molar-refractivity contribution in [2.45, 2.75) is 6.92 Å². The molecule has 1 heterocycles. The number of rotatable bonds is 3. The molecule has 5 heteroatoms. The number of allylic oxidation sites excluding steroid dienone is 2. The Morgan fingerprint density at radius 2 is 2.10 bits per heavy atom. The zero-order valence-electron chi connectivity index (χ0n) is 11.9. The highest BCUT2D eigenvalue weighted by atomic mass is 16.2. The van der Waals surface area contributed by atoms with Crippen LogP contribution in [0.5, 0.6) is 0 Å². The first-order valence-corrected chi connectivity index (χ1v) is 6.42. The van der Waals surface area contributed by atoms with Crippen molar-refractivity contribution >= 4 is 11.6 Å². The predicted molar refractivity (Wildman–Crippen MR) is 78.7 cm³/mol. The lowest BCUT2D eigenvalue weighted by Gasteiger charge is -2.18. The average Bonchev–Trinajstić information content (AvgIpc) is 2.46. The third-order valence-electron chi connectivity index (χ3n) is 2.86. The molecule has 0 N–H and O–H groups in total. The van der Waals surface area contributed by atoms with Gasteiger partial charge < -0.3 is 4.90 Å². The summed E-state index contributed by atoms with van der Waals surface area (Å²) >= 11 is 0. The Bertz CT molecular complexity index is 588. The van der Waals surface area contributed by atoms with E-state index in [0.717, 1.165) is 5.56 Å². The van der Waals surface area contributed by atoms with Crippen LogP contribution >= 0.6 is 0 Å². The molecule has 1 aliphatic heterocycles. The summed E-state index contributed by atoms with van der Waals surface area (Å²) in [6.07, 6.45) is 7.50. The van der Waals surface area contributed by atoms with Crippen LogP contribution in [0.25, 0.3) is 0 Å². The van der Waals surface area contributed by atoms with Gasteiger partial charge in [-0.2, -0.15) is 0 Å². The van der Waals surface area contributed by atoms with Crippen molar-refractivity contribution in [1.29, 1.82) is 0 Å². The van der Waals surface area contributed by atoms with Crippen LogP contribution in [0.2, 0.25) is 0 Å². The van der Waals surface area contributed by atoms with Crippen LogP contribution in [0.4, 0.5) is 5.69 Å². The second kappa shape index (κ2) is 6.14. The van der Waals surface area contributed by atoms with Crippen molar-refractivity contribution in [3.8, 4) is 0 Å². The number of hydrogen-bond acceptors (Lipinski definition) is 3. The number of carbonyl (C=O) groups is 1. The third-order valence-corrected chi connectivity index (χ3v) is 2.86. The van der Waals surface area contributed by atoms with Gasteiger partial charge >= 0.3 is 0 Å². The van der Waals surface area contributed by atoms with Gasteiger partial charge in [0.05, 0.1) is 5.69 Å². The fourth-order valence-electron chi connectivity index (χ4n) is 1.77. The van der Waals surface area contributed by atoms with Crippen molar-refractivity contribution in [1.82, 2.24) is 9.91 Å². The first-order valence-electron chi connectivity index (χ1n) is 6.42. The quantitative estimate of drug-likeness (QED) is 0.626. The minimum atomic E-state index is -0.0353. The molecule has 1 amide bonds. The lowest BCUT2D eigenvalue weighted by molar-refractivity contribution is 0.0834. The Kier molecular flexibility index (Phi) is 4.30. The van der Waals surface area contributed by atoms with E-state index in [1.54, 1.807) is 36.3 Å². The van der Waals surface area contributed by atoms with Crippen LogP contribution in [0.15, 0.2) is 53.0 Å². The summed E-state index contributed by atoms with van der Waals surface area (Å²) in [5.74, 6) is -0.0353. The zero-order chi connectivity index (χ0) is 14.5. The molecule has 0 saturated carbocycles. The van der Waals surface area contributed by atoms with Crippen molar-refractivity contribution in [3.63, 3.8) is 0 Å². The van der Waals surface area contributed by atoms with Crippen LogP contribution in [0.3, 0.4) is 0 Å². The van der Waals surface area contributed by atoms with Gasteiger partial charge in [-0.05, 0) is 30.7 Å². The summed E-state index contributed by atoms with van der Waals surface area (Å²) in [5.41, 5.74) is 2.31. The van der Waals surface area contributed by atoms with Gasteiger partial charge in [-0.25, -0.2) is 0 Å². The fraction of sp³-hybridized carbons (Fsp3) is 0.267. The minimum Gasteiger partial charge on any atom is -0.311 e. The van der Waals surface area contributed by atoms with Gasteiger partial charge in [0.1, 0.15) is 0 Å². The van der Waals surface area contributed by atoms with E-state index in [4.69, 9.17) is 0 Å². The number of aryl methyl sites for hydroxylation is 1. The highest BCUT2D eigenvalue weighted by molar-refractivity contribution is 5.96. The second-order valence-electron chi connectivity index (χ2n) is 4.77. The van der Waals surface area contributed by atoms with E-state index >= 15 is 0 Å². The monoisotopic (exact) mass is 270 g/mol. The van der Waals surface area contributed by atoms with Crippen molar-refractivity contribution in [2.75, 3.05) is 20.6 Å². The van der Waals surface area contributed by atoms with E-state index in [1.165, 1.54) is 0 Å². The summed E-state index contributed by atoms with van der Waals surface area (Å²) in [5, 5.41) is 9.74. The van der Waals surface area contributed by atoms with Crippen molar-refractivity contribution < 1.29 is 4.79 Å². The van der Waals surface area contributed by atoms with Gasteiger partial charge in [-0.3, -0.25) is 9.80 Å². The molecular formula is C15H18N4O. The lowest BCUT2D eigenvalue weighted by atomic mass is 10.1. The van der Waals surface area contributed by atoms with Crippen molar-refractivity contribution in [2.24, 2.45) is 10.3 Å². The molecule has 0 atom stereocenters. The van der Waals surface area contributed by atoms with Gasteiger partial charge in [0.2, 0.25) is 0 Å². The molecule has 0 spiro atoms. The van der Waals surface area contributed by atoms with Gasteiger partial charge in [0.25, 0.3) is 5.91 Å². The van der Waals surface area contributed by atoms with E-state index in [1.807, 2.05) is 37.3 Å². The minimum absolute atomic E-state index is 0.0353. The Labute approximate surface area is 118 Å². The van der Waals surface area contributed by atoms with Gasteiger partial charge in [-0.15, -0.1) is 5.11 Å². The first kappa shape index (κ1) is 14.0. The normalized spacial score (nSPS) is 14.1. The molecule has 104 valence electrons. The molecule has 0 fully saturated rings. The Morgan fingerprint density at radius 1 is 1.30 bits per heavy atom. The Balaban J connectivity index is 2.24. The topological polar surface area (TPSA) is 48.3 Å². The van der Waals surface area contributed by atoms with E-state index in [9.17, 15) is 4.79 Å². The molecule has 20 heavy (non-hydrogen) atoms. The van der Waals surface area contributed by atoms with Crippen LogP contribution in [-0.2, 0) is 0 Å². The summed E-state index contributed by atoms with van der Waals surface area (Å²) in [6.45, 7) is 2.54. The molecule has 1 aromatic rings. The summed E-state index contributed by atoms with van der Waals surface area (Å²) in [7, 11) is 3.61. The Morgan fingerprint density at radius 3 is 2.75 bits per heavy atom. The number of amides is 1. The van der Waals surface area contributed by atoms with E-state index in [-0.39, 0.29) is 5.91 Å². The molecule has 0 saturated heterocycles. The molecule has 1 aliphatic rings. The van der Waals surface area contributed by atoms with E-state index in [0.29, 0.717) is 17.8 Å². The molecule has 0 radical (unpaired) electrons. The Hall–Kier alpha value is -2.43. The van der Waals surface area contributed by atoms with Gasteiger partial charge in [0.15, 0.2) is 0 Å². The molecular weight excluding hydrogens is 252 g/mol. The molecule has 0 unspecified atom stereocenters. The highest BCUT2D eigenvalue weighted by Crippen LogP contribution is 2.22. The second-order valence-corrected chi connectivity index (χ2v) is 4.77. The molecule has 2 rings (SSSR count). The van der Waals surface area contributed by atoms with E-state index < -0.39 is 0 Å². The average molecular weight is 270 g/mol. The first-order chi connectivity index (χ1) is 9.58. The van der Waals surface area contributed by atoms with Crippen molar-refractivity contribution in [3.05, 3.63) is 53.8 Å². The SMILES string of the molecule is Cc1ccc(C(=O)N2C=CC=CC2)cc1N=NN(C)C. The van der Waals surface area contributed by atoms with Gasteiger partial charge in [0, 0.05) is 32.4 Å². The summed E-state index contributed by atoms with van der Waals surface area (Å²) in [4.78, 5) is 14.0. The van der Waals surface area contributed by atoms with Crippen LogP contribution < -0.4 is 0 Å². The zero-order valence-corrected chi connectivity index (χ0v) is 11.9. The molecule has 1 aromatic carbocycles. The van der Waals surface area contributed by atoms with Crippen LogP contribution in [0.1, 0.15) is 15.9 Å². The van der Waals surface area contributed by atoms with Gasteiger partial charge in [-0.1, -0.05) is 23.4 Å². The summed E-state index contributed by atoms with van der Waals surface area (Å²) in [6, 6.07) is 5.48. The number of hydrogen-bond donors (Lipinski definition) is 0. The number of nitrogens with zero attached hydrogens (tertiary/aromatic N) is 4. The van der Waals surface area contributed by atoms with E-state index in [2.05, 4.69) is 10.3 Å². The fourth-order valence-corrected chi connectivity index (χ4v) is 1.77. The molecule has 0 aromatic heterocycles. The standard InChI is InChI=1S/C15H18N4O/c1-12-7-8-13(11-14(12)16-17-18(2)3)15(20)19-9-5-4-6-10-19/h4-9,11H,10H2,1-3H3. The van der Waals surface area contributed by atoms with Crippen LogP contribution in [0, 0.1) is 6.92 Å². The molecule has 5 nitrogen and oxygen atoms in total. The predicted octanol–water partition coefficient (Wildman–Crippen LogP) is 3.08. The van der Waals surface area contributed by atoms with Crippen LogP contribution in [-0.4, -0.2) is 36.5 Å². The lowest BCUT2D eigenvalue weighted by Crippen LogP contribution is -2.26. The maximum absolute atomic E-state index is 12.4.